The number of amides is 1. The molecule has 0 spiro atoms. The van der Waals surface area contributed by atoms with Crippen molar-refractivity contribution >= 4 is 11.7 Å². The van der Waals surface area contributed by atoms with Crippen molar-refractivity contribution in [3.63, 3.8) is 0 Å². The molecule has 0 fully saturated rings. The number of nitrogens with two attached hydrogens (primary N) is 1. The van der Waals surface area contributed by atoms with Crippen LogP contribution in [-0.4, -0.2) is 50.5 Å². The number of hydrogen-bond acceptors (Lipinski definition) is 5. The zero-order valence-corrected chi connectivity index (χ0v) is 11.1. The summed E-state index contributed by atoms with van der Waals surface area (Å²) in [7, 11) is 3.30. The first kappa shape index (κ1) is 13.5. The van der Waals surface area contributed by atoms with E-state index in [0.29, 0.717) is 11.4 Å². The van der Waals surface area contributed by atoms with Gasteiger partial charge in [-0.25, -0.2) is 4.98 Å². The van der Waals surface area contributed by atoms with E-state index in [1.807, 2.05) is 0 Å². The van der Waals surface area contributed by atoms with Crippen LogP contribution in [0.5, 0.6) is 0 Å². The fraction of sp³-hybridized carbons (Fsp3) is 0.167. The molecule has 2 heterocycles. The average molecular weight is 274 g/mol. The zero-order chi connectivity index (χ0) is 14.7. The number of amidine groups is 1. The van der Waals surface area contributed by atoms with Crippen LogP contribution >= 0.6 is 0 Å². The highest BCUT2D eigenvalue weighted by molar-refractivity contribution is 5.95. The van der Waals surface area contributed by atoms with Crippen LogP contribution in [0, 0.1) is 0 Å². The molecule has 20 heavy (non-hydrogen) atoms. The Kier molecular flexibility index (Phi) is 3.65. The summed E-state index contributed by atoms with van der Waals surface area (Å²) in [4.78, 5) is 21.4. The summed E-state index contributed by atoms with van der Waals surface area (Å²) in [6, 6.07) is 3.31. The van der Waals surface area contributed by atoms with E-state index < -0.39 is 0 Å². The van der Waals surface area contributed by atoms with Crippen LogP contribution in [0.2, 0.25) is 0 Å². The molecule has 0 aliphatic rings. The number of carbonyl (C=O) groups excluding carboxylic acids is 1. The summed E-state index contributed by atoms with van der Waals surface area (Å²) >= 11 is 0. The molecule has 0 aliphatic heterocycles. The summed E-state index contributed by atoms with van der Waals surface area (Å²) in [6.45, 7) is 0. The highest BCUT2D eigenvalue weighted by Crippen LogP contribution is 2.12. The van der Waals surface area contributed by atoms with E-state index in [4.69, 9.17) is 10.9 Å². The maximum Gasteiger partial charge on any atom is 0.272 e. The van der Waals surface area contributed by atoms with Crippen molar-refractivity contribution in [3.05, 3.63) is 42.2 Å². The first-order valence-corrected chi connectivity index (χ1v) is 5.74. The van der Waals surface area contributed by atoms with Gasteiger partial charge in [-0.1, -0.05) is 5.16 Å². The molecule has 0 aromatic carbocycles. The molecular formula is C12H14N6O2. The average Bonchev–Trinajstić information content (AvgIpc) is 2.95. The topological polar surface area (TPSA) is 110 Å². The van der Waals surface area contributed by atoms with Gasteiger partial charge < -0.3 is 15.8 Å². The molecule has 0 saturated heterocycles. The first-order chi connectivity index (χ1) is 9.54. The van der Waals surface area contributed by atoms with E-state index in [9.17, 15) is 4.79 Å². The third-order valence-corrected chi connectivity index (χ3v) is 2.62. The lowest BCUT2D eigenvalue weighted by Gasteiger charge is -2.11. The molecule has 8 nitrogen and oxygen atoms in total. The highest BCUT2D eigenvalue weighted by Gasteiger charge is 2.13. The van der Waals surface area contributed by atoms with Crippen molar-refractivity contribution < 1.29 is 10.0 Å². The summed E-state index contributed by atoms with van der Waals surface area (Å²) in [5.74, 6) is -0.0495. The van der Waals surface area contributed by atoms with Crippen molar-refractivity contribution in [2.45, 2.75) is 0 Å². The van der Waals surface area contributed by atoms with Crippen LogP contribution < -0.4 is 5.73 Å². The van der Waals surface area contributed by atoms with Crippen LogP contribution in [0.4, 0.5) is 0 Å². The van der Waals surface area contributed by atoms with Crippen molar-refractivity contribution in [2.75, 3.05) is 14.1 Å². The number of carbonyl (C=O) groups is 1. The fourth-order valence-electron chi connectivity index (χ4n) is 1.66. The summed E-state index contributed by atoms with van der Waals surface area (Å²) in [5, 5.41) is 11.7. The number of rotatable bonds is 3. The van der Waals surface area contributed by atoms with E-state index >= 15 is 0 Å². The fourth-order valence-corrected chi connectivity index (χ4v) is 1.66. The normalized spacial score (nSPS) is 11.4. The largest absolute Gasteiger partial charge is 0.409 e. The number of oxime groups is 1. The van der Waals surface area contributed by atoms with Gasteiger partial charge in [0.2, 0.25) is 5.84 Å². The maximum absolute atomic E-state index is 11.9. The van der Waals surface area contributed by atoms with Crippen LogP contribution in [0.3, 0.4) is 0 Å². The van der Waals surface area contributed by atoms with Crippen molar-refractivity contribution in [2.24, 2.45) is 10.9 Å². The predicted molar refractivity (Wildman–Crippen MR) is 71.9 cm³/mol. The lowest BCUT2D eigenvalue weighted by Crippen LogP contribution is -2.23. The number of aromatic nitrogens is 3. The molecule has 0 radical (unpaired) electrons. The summed E-state index contributed by atoms with van der Waals surface area (Å²) in [6.07, 6.45) is 4.68. The molecule has 2 rings (SSSR count). The third kappa shape index (κ3) is 2.44. The number of hydrogen-bond donors (Lipinski definition) is 2. The van der Waals surface area contributed by atoms with Crippen molar-refractivity contribution in [1.82, 2.24) is 19.4 Å². The second kappa shape index (κ2) is 5.39. The Morgan fingerprint density at radius 2 is 2.15 bits per heavy atom. The minimum atomic E-state index is -0.211. The Balaban J connectivity index is 2.47. The molecule has 0 unspecified atom stereocenters. The molecule has 0 aliphatic carbocycles. The molecule has 0 saturated carbocycles. The monoisotopic (exact) mass is 274 g/mol. The molecule has 2 aromatic heterocycles. The zero-order valence-electron chi connectivity index (χ0n) is 11.1. The van der Waals surface area contributed by atoms with E-state index in [1.165, 1.54) is 17.3 Å². The molecule has 0 bridgehead atoms. The molecular weight excluding hydrogens is 260 g/mol. The predicted octanol–water partition coefficient (Wildman–Crippen LogP) is 0.0636. The van der Waals surface area contributed by atoms with Gasteiger partial charge in [-0.05, 0) is 12.1 Å². The third-order valence-electron chi connectivity index (χ3n) is 2.62. The van der Waals surface area contributed by atoms with Crippen molar-refractivity contribution in [1.29, 1.82) is 0 Å². The minimum absolute atomic E-state index is 0.118. The molecule has 2 aromatic rings. The minimum Gasteiger partial charge on any atom is -0.409 e. The molecule has 0 atom stereocenters. The van der Waals surface area contributed by atoms with Gasteiger partial charge in [0.1, 0.15) is 5.69 Å². The highest BCUT2D eigenvalue weighted by atomic mass is 16.4. The van der Waals surface area contributed by atoms with Gasteiger partial charge in [-0.15, -0.1) is 0 Å². The standard InChI is InChI=1S/C12H14N6O2/c1-17(2)12(19)9-7-8(3-4-14-9)18-6-5-15-11(18)10(13)16-20/h3-7,20H,1-2H3,(H2,13,16). The van der Waals surface area contributed by atoms with E-state index in [0.717, 1.165) is 0 Å². The van der Waals surface area contributed by atoms with Crippen LogP contribution in [0.1, 0.15) is 16.3 Å². The molecule has 8 heteroatoms. The maximum atomic E-state index is 11.9. The van der Waals surface area contributed by atoms with Gasteiger partial charge in [0.05, 0.1) is 5.69 Å². The lowest BCUT2D eigenvalue weighted by atomic mass is 10.3. The van der Waals surface area contributed by atoms with Gasteiger partial charge in [-0.3, -0.25) is 14.3 Å². The Hall–Kier alpha value is -2.90. The lowest BCUT2D eigenvalue weighted by molar-refractivity contribution is 0.0822. The van der Waals surface area contributed by atoms with Crippen LogP contribution in [0.25, 0.3) is 5.69 Å². The first-order valence-electron chi connectivity index (χ1n) is 5.74. The van der Waals surface area contributed by atoms with E-state index in [-0.39, 0.29) is 17.6 Å². The van der Waals surface area contributed by atoms with Gasteiger partial charge in [0.15, 0.2) is 5.82 Å². The van der Waals surface area contributed by atoms with Crippen LogP contribution in [-0.2, 0) is 0 Å². The molecule has 1 amide bonds. The smallest absolute Gasteiger partial charge is 0.272 e. The SMILES string of the molecule is CN(C)C(=O)c1cc(-n2ccnc2/C(N)=N/O)ccn1. The number of imidazole rings is 1. The Morgan fingerprint density at radius 1 is 1.40 bits per heavy atom. The second-order valence-corrected chi connectivity index (χ2v) is 4.20. The van der Waals surface area contributed by atoms with Crippen LogP contribution in [0.15, 0.2) is 35.9 Å². The molecule has 3 N–H and O–H groups in total. The van der Waals surface area contributed by atoms with E-state index in [2.05, 4.69) is 15.1 Å². The number of pyridine rings is 1. The Morgan fingerprint density at radius 3 is 2.80 bits per heavy atom. The Labute approximate surface area is 115 Å². The Bertz CT molecular complexity index is 661. The van der Waals surface area contributed by atoms with Gasteiger partial charge in [0.25, 0.3) is 5.91 Å². The van der Waals surface area contributed by atoms with Crippen molar-refractivity contribution in [3.8, 4) is 5.69 Å². The van der Waals surface area contributed by atoms with Gasteiger partial charge >= 0.3 is 0 Å². The second-order valence-electron chi connectivity index (χ2n) is 4.20. The van der Waals surface area contributed by atoms with Gasteiger partial charge in [0, 0.05) is 32.7 Å². The summed E-state index contributed by atoms with van der Waals surface area (Å²) in [5.41, 5.74) is 6.49. The van der Waals surface area contributed by atoms with Gasteiger partial charge in [-0.2, -0.15) is 0 Å². The number of nitrogens with zero attached hydrogens (tertiary/aromatic N) is 5. The summed E-state index contributed by atoms with van der Waals surface area (Å²) < 4.78 is 1.60. The quantitative estimate of drug-likeness (QED) is 0.356. The van der Waals surface area contributed by atoms with E-state index in [1.54, 1.807) is 37.0 Å². The molecule has 104 valence electrons.